The minimum absolute atomic E-state index is 0.00292. The minimum atomic E-state index is -4.93. The third-order valence-corrected chi connectivity index (χ3v) is 4.98. The van der Waals surface area contributed by atoms with Gasteiger partial charge in [0.25, 0.3) is 5.91 Å². The zero-order valence-corrected chi connectivity index (χ0v) is 16.6. The quantitative estimate of drug-likeness (QED) is 0.501. The van der Waals surface area contributed by atoms with Crippen molar-refractivity contribution in [1.82, 2.24) is 5.32 Å². The van der Waals surface area contributed by atoms with Gasteiger partial charge in [0.15, 0.2) is 11.3 Å². The van der Waals surface area contributed by atoms with Gasteiger partial charge in [0.05, 0.1) is 6.61 Å². The number of nitrogens with one attached hydrogen (secondary N) is 1. The topological polar surface area (TPSA) is 77.8 Å². The highest BCUT2D eigenvalue weighted by atomic mass is 19.4. The molecule has 1 amide bonds. The van der Waals surface area contributed by atoms with Gasteiger partial charge < -0.3 is 19.2 Å². The first-order valence-corrected chi connectivity index (χ1v) is 10.1. The summed E-state index contributed by atoms with van der Waals surface area (Å²) in [5, 5.41) is 3.10. The summed E-state index contributed by atoms with van der Waals surface area (Å²) < 4.78 is 53.0. The Balaban J connectivity index is 1.95. The average Bonchev–Trinajstić information content (AvgIpc) is 2.69. The molecule has 0 spiro atoms. The van der Waals surface area contributed by atoms with E-state index in [1.54, 1.807) is 0 Å². The first-order valence-electron chi connectivity index (χ1n) is 10.1. The van der Waals surface area contributed by atoms with E-state index >= 15 is 0 Å². The Kier molecular flexibility index (Phi) is 6.89. The fraction of sp³-hybridized carbons (Fsp3) is 0.524. The van der Waals surface area contributed by atoms with Crippen LogP contribution in [-0.4, -0.2) is 24.9 Å². The smallest absolute Gasteiger partial charge is 0.486 e. The van der Waals surface area contributed by atoms with Crippen LogP contribution in [-0.2, 0) is 0 Å². The molecule has 1 N–H and O–H groups in total. The van der Waals surface area contributed by atoms with E-state index in [4.69, 9.17) is 9.15 Å². The number of benzene rings is 1. The predicted molar refractivity (Wildman–Crippen MR) is 104 cm³/mol. The van der Waals surface area contributed by atoms with E-state index in [1.165, 1.54) is 12.1 Å². The van der Waals surface area contributed by atoms with Crippen LogP contribution in [0.4, 0.5) is 13.2 Å². The second kappa shape index (κ2) is 9.40. The lowest BCUT2D eigenvalue weighted by molar-refractivity contribution is -0.275. The van der Waals surface area contributed by atoms with Gasteiger partial charge in [0.1, 0.15) is 5.56 Å². The highest BCUT2D eigenvalue weighted by Gasteiger charge is 2.33. The van der Waals surface area contributed by atoms with Crippen LogP contribution in [0.25, 0.3) is 11.0 Å². The maximum atomic E-state index is 12.8. The van der Waals surface area contributed by atoms with Gasteiger partial charge in [0, 0.05) is 11.4 Å². The molecule has 0 atom stereocenters. The number of fused-ring (bicyclic) bond motifs is 1. The maximum Gasteiger partial charge on any atom is 0.573 e. The third kappa shape index (κ3) is 5.46. The van der Waals surface area contributed by atoms with Gasteiger partial charge in [-0.25, -0.2) is 4.79 Å². The van der Waals surface area contributed by atoms with Crippen LogP contribution in [0.15, 0.2) is 27.4 Å². The zero-order chi connectivity index (χ0) is 21.7. The van der Waals surface area contributed by atoms with Gasteiger partial charge in [0.2, 0.25) is 5.75 Å². The van der Waals surface area contributed by atoms with E-state index in [-0.39, 0.29) is 34.9 Å². The van der Waals surface area contributed by atoms with E-state index in [9.17, 15) is 22.8 Å². The number of unbranched alkanes of at least 4 members (excludes halogenated alkanes) is 1. The molecule has 0 radical (unpaired) electrons. The highest BCUT2D eigenvalue weighted by Crippen LogP contribution is 2.38. The summed E-state index contributed by atoms with van der Waals surface area (Å²) in [6, 6.07) is 3.68. The van der Waals surface area contributed by atoms with Crippen molar-refractivity contribution in [2.75, 3.05) is 6.61 Å². The Hall–Kier alpha value is -2.71. The number of amides is 1. The molecule has 2 aromatic rings. The molecule has 0 aliphatic heterocycles. The normalized spacial score (nSPS) is 15.2. The molecule has 164 valence electrons. The van der Waals surface area contributed by atoms with Crippen LogP contribution in [0.1, 0.15) is 62.2 Å². The molecule has 1 heterocycles. The molecule has 6 nitrogen and oxygen atoms in total. The zero-order valence-electron chi connectivity index (χ0n) is 16.6. The Morgan fingerprint density at radius 1 is 1.23 bits per heavy atom. The summed E-state index contributed by atoms with van der Waals surface area (Å²) in [6.45, 7) is 2.02. The van der Waals surface area contributed by atoms with Crippen LogP contribution in [0.3, 0.4) is 0 Å². The minimum Gasteiger partial charge on any atom is -0.486 e. The molecule has 3 rings (SSSR count). The van der Waals surface area contributed by atoms with Gasteiger partial charge in [-0.05, 0) is 37.5 Å². The summed E-state index contributed by atoms with van der Waals surface area (Å²) in [7, 11) is 0. The number of hydrogen-bond acceptors (Lipinski definition) is 5. The molecule has 0 bridgehead atoms. The maximum absolute atomic E-state index is 12.8. The molecule has 1 aromatic carbocycles. The van der Waals surface area contributed by atoms with Gasteiger partial charge in [-0.1, -0.05) is 32.6 Å². The fourth-order valence-corrected chi connectivity index (χ4v) is 3.47. The van der Waals surface area contributed by atoms with Crippen molar-refractivity contribution in [3.05, 3.63) is 34.2 Å². The van der Waals surface area contributed by atoms with Crippen molar-refractivity contribution in [1.29, 1.82) is 0 Å². The monoisotopic (exact) mass is 427 g/mol. The standard InChI is InChI=1S/C21H24F3NO5/c1-2-3-11-28-18-16(30-21(22,23)24)10-9-13-12-15(20(27)29-17(13)18)19(26)25-14-7-5-4-6-8-14/h9-10,12,14H,2-8,11H2,1H3,(H,25,26). The van der Waals surface area contributed by atoms with Crippen molar-refractivity contribution in [2.24, 2.45) is 0 Å². The van der Waals surface area contributed by atoms with Crippen LogP contribution >= 0.6 is 0 Å². The molecule has 1 aliphatic rings. The van der Waals surface area contributed by atoms with Crippen molar-refractivity contribution in [3.63, 3.8) is 0 Å². The lowest BCUT2D eigenvalue weighted by Crippen LogP contribution is -2.38. The Morgan fingerprint density at radius 3 is 2.63 bits per heavy atom. The van der Waals surface area contributed by atoms with E-state index in [1.807, 2.05) is 6.92 Å². The SMILES string of the molecule is CCCCOc1c(OC(F)(F)F)ccc2cc(C(=O)NC3CCCCC3)c(=O)oc12. The molecule has 1 saturated carbocycles. The fourth-order valence-electron chi connectivity index (χ4n) is 3.47. The predicted octanol–water partition coefficient (Wildman–Crippen LogP) is 4.93. The summed E-state index contributed by atoms with van der Waals surface area (Å²) in [5.74, 6) is -1.47. The van der Waals surface area contributed by atoms with Gasteiger partial charge in [-0.15, -0.1) is 13.2 Å². The molecule has 1 aromatic heterocycles. The van der Waals surface area contributed by atoms with Crippen molar-refractivity contribution in [3.8, 4) is 11.5 Å². The molecular formula is C21H24F3NO5. The number of carbonyl (C=O) groups excluding carboxylic acids is 1. The van der Waals surface area contributed by atoms with Crippen LogP contribution in [0.5, 0.6) is 11.5 Å². The molecule has 0 unspecified atom stereocenters. The number of carbonyl (C=O) groups is 1. The molecule has 30 heavy (non-hydrogen) atoms. The number of alkyl halides is 3. The van der Waals surface area contributed by atoms with Crippen molar-refractivity contribution < 1.29 is 31.9 Å². The summed E-state index contributed by atoms with van der Waals surface area (Å²) in [6.07, 6.45) is 1.25. The van der Waals surface area contributed by atoms with Crippen LogP contribution < -0.4 is 20.4 Å². The van der Waals surface area contributed by atoms with E-state index in [2.05, 4.69) is 10.1 Å². The van der Waals surface area contributed by atoms with E-state index < -0.39 is 23.6 Å². The second-order valence-electron chi connectivity index (χ2n) is 7.32. The second-order valence-corrected chi connectivity index (χ2v) is 7.32. The highest BCUT2D eigenvalue weighted by molar-refractivity contribution is 5.98. The molecule has 0 saturated heterocycles. The first-order chi connectivity index (χ1) is 14.3. The van der Waals surface area contributed by atoms with Crippen LogP contribution in [0, 0.1) is 0 Å². The Morgan fingerprint density at radius 2 is 1.97 bits per heavy atom. The van der Waals surface area contributed by atoms with Crippen LogP contribution in [0.2, 0.25) is 0 Å². The Bertz CT molecular complexity index is 948. The molecule has 1 fully saturated rings. The summed E-state index contributed by atoms with van der Waals surface area (Å²) in [4.78, 5) is 25.0. The molecule has 9 heteroatoms. The molecular weight excluding hydrogens is 403 g/mol. The lowest BCUT2D eigenvalue weighted by Gasteiger charge is -2.22. The number of hydrogen-bond donors (Lipinski definition) is 1. The lowest BCUT2D eigenvalue weighted by atomic mass is 9.95. The molecule has 1 aliphatic carbocycles. The number of rotatable bonds is 7. The number of halogens is 3. The van der Waals surface area contributed by atoms with Gasteiger partial charge in [-0.3, -0.25) is 4.79 Å². The van der Waals surface area contributed by atoms with Crippen molar-refractivity contribution >= 4 is 16.9 Å². The third-order valence-electron chi connectivity index (χ3n) is 4.98. The summed E-state index contributed by atoms with van der Waals surface area (Å²) >= 11 is 0. The average molecular weight is 427 g/mol. The Labute approximate surface area is 171 Å². The summed E-state index contributed by atoms with van der Waals surface area (Å²) in [5.41, 5.74) is -1.33. The number of ether oxygens (including phenoxy) is 2. The largest absolute Gasteiger partial charge is 0.573 e. The van der Waals surface area contributed by atoms with Gasteiger partial charge in [-0.2, -0.15) is 0 Å². The van der Waals surface area contributed by atoms with Gasteiger partial charge >= 0.3 is 12.0 Å². The van der Waals surface area contributed by atoms with E-state index in [0.717, 1.165) is 44.6 Å². The van der Waals surface area contributed by atoms with E-state index in [0.29, 0.717) is 6.42 Å². The first kappa shape index (κ1) is 22.0. The van der Waals surface area contributed by atoms with Crippen molar-refractivity contribution in [2.45, 2.75) is 64.3 Å².